The molecule has 0 aliphatic heterocycles. The third-order valence-corrected chi connectivity index (χ3v) is 10.6. The van der Waals surface area contributed by atoms with Gasteiger partial charge in [-0.25, -0.2) is 9.97 Å². The van der Waals surface area contributed by atoms with Crippen molar-refractivity contribution in [2.45, 2.75) is 12.3 Å². The number of rotatable bonds is 2. The average molecular weight is 548 g/mol. The molecule has 4 aromatic carbocycles. The zero-order chi connectivity index (χ0) is 26.2. The minimum atomic E-state index is 0.255. The summed E-state index contributed by atoms with van der Waals surface area (Å²) in [4.78, 5) is 10.6. The van der Waals surface area contributed by atoms with Crippen LogP contribution < -0.4 is 4.98 Å². The number of aromatic amines is 1. The Morgan fingerprint density at radius 3 is 2.35 bits per heavy atom. The molecule has 1 aliphatic rings. The third kappa shape index (κ3) is 3.27. The van der Waals surface area contributed by atoms with Gasteiger partial charge in [0.25, 0.3) is 0 Å². The lowest BCUT2D eigenvalue weighted by Crippen LogP contribution is -2.11. The van der Waals surface area contributed by atoms with Crippen LogP contribution in [0.3, 0.4) is 0 Å². The molecule has 0 fully saturated rings. The van der Waals surface area contributed by atoms with Gasteiger partial charge in [-0.15, -0.1) is 22.7 Å². The first-order chi connectivity index (χ1) is 19.8. The molecule has 4 aromatic heterocycles. The number of nitrogens with zero attached hydrogens (tertiary/aromatic N) is 1. The maximum atomic E-state index is 5.39. The lowest BCUT2D eigenvalue weighted by molar-refractivity contribution is -0.329. The number of hydrogen-bond acceptors (Lipinski definition) is 3. The average Bonchev–Trinajstić information content (AvgIpc) is 3.59. The van der Waals surface area contributed by atoms with Crippen LogP contribution in [0.15, 0.2) is 109 Å². The van der Waals surface area contributed by atoms with E-state index in [1.165, 1.54) is 51.6 Å². The summed E-state index contributed by atoms with van der Waals surface area (Å²) in [6.07, 6.45) is 5.58. The van der Waals surface area contributed by atoms with Crippen LogP contribution in [0.2, 0.25) is 0 Å². The molecule has 0 spiro atoms. The SMILES string of the molecule is C1=Cc2sc3ccccc3c2C(c2ccc3ccc4ccc(-c5cccc6sc7ccccc7c56)[nH+]c4c3n2)C1. The topological polar surface area (TPSA) is 27.0 Å². The fraction of sp³-hybridized carbons (Fsp3) is 0.0556. The number of aromatic nitrogens is 2. The van der Waals surface area contributed by atoms with Gasteiger partial charge in [-0.05, 0) is 65.9 Å². The van der Waals surface area contributed by atoms with Crippen molar-refractivity contribution in [3.05, 3.63) is 125 Å². The lowest BCUT2D eigenvalue weighted by Gasteiger charge is -2.19. The summed E-state index contributed by atoms with van der Waals surface area (Å²) in [5.74, 6) is 0.255. The van der Waals surface area contributed by atoms with Gasteiger partial charge in [0.1, 0.15) is 5.52 Å². The van der Waals surface area contributed by atoms with E-state index in [9.17, 15) is 0 Å². The Morgan fingerprint density at radius 2 is 1.43 bits per heavy atom. The summed E-state index contributed by atoms with van der Waals surface area (Å²) in [6, 6.07) is 37.5. The Kier molecular flexibility index (Phi) is 4.80. The van der Waals surface area contributed by atoms with Crippen molar-refractivity contribution in [3.63, 3.8) is 0 Å². The molecule has 1 atom stereocenters. The number of allylic oxidation sites excluding steroid dienone is 1. The quantitative estimate of drug-likeness (QED) is 0.198. The molecule has 1 unspecified atom stereocenters. The second kappa shape index (κ2) is 8.56. The van der Waals surface area contributed by atoms with Gasteiger partial charge in [-0.2, -0.15) is 0 Å². The molecule has 1 aliphatic carbocycles. The van der Waals surface area contributed by atoms with E-state index in [-0.39, 0.29) is 5.92 Å². The monoisotopic (exact) mass is 547 g/mol. The van der Waals surface area contributed by atoms with Gasteiger partial charge in [-0.3, -0.25) is 0 Å². The van der Waals surface area contributed by atoms with Crippen LogP contribution in [0, 0.1) is 0 Å². The highest BCUT2D eigenvalue weighted by atomic mass is 32.1. The Balaban J connectivity index is 1.26. The molecule has 188 valence electrons. The normalized spacial score (nSPS) is 15.1. The molecule has 0 saturated heterocycles. The maximum Gasteiger partial charge on any atom is 0.237 e. The zero-order valence-electron chi connectivity index (χ0n) is 21.5. The smallest absolute Gasteiger partial charge is 0.237 e. The Bertz CT molecular complexity index is 2320. The van der Waals surface area contributed by atoms with Crippen LogP contribution >= 0.6 is 22.7 Å². The van der Waals surface area contributed by atoms with Crippen LogP contribution in [-0.2, 0) is 0 Å². The second-order valence-electron chi connectivity index (χ2n) is 10.6. The molecule has 0 amide bonds. The number of pyridine rings is 2. The van der Waals surface area contributed by atoms with Crippen molar-refractivity contribution in [1.82, 2.24) is 4.98 Å². The molecular formula is C36H23N2S2+. The minimum absolute atomic E-state index is 0.255. The highest BCUT2D eigenvalue weighted by Crippen LogP contribution is 2.44. The van der Waals surface area contributed by atoms with E-state index in [0.29, 0.717) is 0 Å². The van der Waals surface area contributed by atoms with Crippen LogP contribution in [0.5, 0.6) is 0 Å². The second-order valence-corrected chi connectivity index (χ2v) is 12.7. The first-order valence-electron chi connectivity index (χ1n) is 13.7. The predicted octanol–water partition coefficient (Wildman–Crippen LogP) is 10.0. The van der Waals surface area contributed by atoms with Gasteiger partial charge in [0.05, 0.1) is 5.56 Å². The minimum Gasteiger partial charge on any atom is -0.245 e. The third-order valence-electron chi connectivity index (χ3n) is 8.31. The molecule has 9 rings (SSSR count). The molecule has 0 bridgehead atoms. The van der Waals surface area contributed by atoms with Crippen LogP contribution in [0.25, 0.3) is 69.4 Å². The summed E-state index contributed by atoms with van der Waals surface area (Å²) in [7, 11) is 0. The van der Waals surface area contributed by atoms with Crippen LogP contribution in [0.1, 0.15) is 28.5 Å². The molecule has 1 N–H and O–H groups in total. The van der Waals surface area contributed by atoms with Crippen LogP contribution in [0.4, 0.5) is 0 Å². The Morgan fingerprint density at radius 1 is 0.675 bits per heavy atom. The highest BCUT2D eigenvalue weighted by molar-refractivity contribution is 7.26. The van der Waals surface area contributed by atoms with Gasteiger partial charge in [0.15, 0.2) is 0 Å². The lowest BCUT2D eigenvalue weighted by atomic mass is 9.86. The van der Waals surface area contributed by atoms with E-state index in [4.69, 9.17) is 4.98 Å². The zero-order valence-corrected chi connectivity index (χ0v) is 23.2. The summed E-state index contributed by atoms with van der Waals surface area (Å²) < 4.78 is 3.99. The van der Waals surface area contributed by atoms with E-state index in [1.807, 2.05) is 22.7 Å². The first-order valence-corrected chi connectivity index (χ1v) is 15.3. The van der Waals surface area contributed by atoms with Gasteiger partial charge < -0.3 is 0 Å². The molecular weight excluding hydrogens is 525 g/mol. The molecule has 2 nitrogen and oxygen atoms in total. The van der Waals surface area contributed by atoms with Crippen molar-refractivity contribution in [2.24, 2.45) is 0 Å². The number of nitrogens with one attached hydrogen (secondary N) is 1. The van der Waals surface area contributed by atoms with E-state index >= 15 is 0 Å². The predicted molar refractivity (Wildman–Crippen MR) is 171 cm³/mol. The number of H-pyrrole nitrogens is 1. The largest absolute Gasteiger partial charge is 0.245 e. The number of thiophene rings is 2. The fourth-order valence-corrected chi connectivity index (χ4v) is 8.78. The molecule has 0 saturated carbocycles. The number of benzene rings is 4. The van der Waals surface area contributed by atoms with Gasteiger partial charge >= 0.3 is 0 Å². The van der Waals surface area contributed by atoms with Gasteiger partial charge in [-0.1, -0.05) is 60.7 Å². The summed E-state index contributed by atoms with van der Waals surface area (Å²) in [5.41, 5.74) is 7.05. The summed E-state index contributed by atoms with van der Waals surface area (Å²) in [5, 5.41) is 6.33. The van der Waals surface area contributed by atoms with Crippen molar-refractivity contribution >= 4 is 80.8 Å². The summed E-state index contributed by atoms with van der Waals surface area (Å²) >= 11 is 3.75. The van der Waals surface area contributed by atoms with Gasteiger partial charge in [0, 0.05) is 58.2 Å². The van der Waals surface area contributed by atoms with E-state index < -0.39 is 0 Å². The molecule has 8 aromatic rings. The maximum absolute atomic E-state index is 5.39. The molecule has 0 radical (unpaired) electrons. The van der Waals surface area contributed by atoms with Crippen molar-refractivity contribution in [3.8, 4) is 11.3 Å². The number of hydrogen-bond donors (Lipinski definition) is 0. The highest BCUT2D eigenvalue weighted by Gasteiger charge is 2.25. The van der Waals surface area contributed by atoms with Crippen molar-refractivity contribution in [2.75, 3.05) is 0 Å². The Labute approximate surface area is 238 Å². The van der Waals surface area contributed by atoms with Crippen LogP contribution in [-0.4, -0.2) is 4.98 Å². The standard InChI is InChI=1S/C36H22N2S2/c1-3-11-29-25(7-1)33-23(9-5-13-31(33)39-29)27-19-17-21-15-16-22-18-20-28(38-36(22)35(21)37-27)24-10-6-14-32-34(24)26-8-2-4-12-30(26)40-32/h1-9,11-20,24H,10H2/p+1. The van der Waals surface area contributed by atoms with Gasteiger partial charge in [0.2, 0.25) is 11.2 Å². The molecule has 40 heavy (non-hydrogen) atoms. The summed E-state index contributed by atoms with van der Waals surface area (Å²) in [6.45, 7) is 0. The fourth-order valence-electron chi connectivity index (χ4n) is 6.45. The molecule has 4 heteroatoms. The first kappa shape index (κ1) is 22.4. The molecule has 4 heterocycles. The Hall–Kier alpha value is -4.38. The van der Waals surface area contributed by atoms with E-state index in [1.54, 1.807) is 0 Å². The van der Waals surface area contributed by atoms with E-state index in [0.717, 1.165) is 34.2 Å². The number of fused-ring (bicyclic) bond motifs is 9. The van der Waals surface area contributed by atoms with Crippen molar-refractivity contribution < 1.29 is 4.98 Å². The van der Waals surface area contributed by atoms with E-state index in [2.05, 4.69) is 120 Å². The van der Waals surface area contributed by atoms with Crippen molar-refractivity contribution in [1.29, 1.82) is 0 Å².